The smallest absolute Gasteiger partial charge is 0.251 e. The molecule has 3 heteroatoms. The Kier molecular flexibility index (Phi) is 6.26. The van der Waals surface area contributed by atoms with E-state index in [0.29, 0.717) is 13.2 Å². The predicted octanol–water partition coefficient (Wildman–Crippen LogP) is 4.85. The number of nitrogens with one attached hydrogen (secondary N) is 1. The lowest BCUT2D eigenvalue weighted by molar-refractivity contribution is 0.0953. The van der Waals surface area contributed by atoms with Crippen LogP contribution in [0.2, 0.25) is 0 Å². The Morgan fingerprint density at radius 1 is 0.889 bits per heavy atom. The molecule has 0 unspecified atom stereocenters. The summed E-state index contributed by atoms with van der Waals surface area (Å²) in [5, 5.41) is 3.02. The minimum absolute atomic E-state index is 0.0288. The molecule has 0 spiro atoms. The van der Waals surface area contributed by atoms with Crippen LogP contribution in [0.15, 0.2) is 72.8 Å². The zero-order valence-electron chi connectivity index (χ0n) is 15.9. The molecule has 0 bridgehead atoms. The molecule has 0 fully saturated rings. The molecule has 3 nitrogen and oxygen atoms in total. The van der Waals surface area contributed by atoms with Crippen molar-refractivity contribution >= 4 is 5.91 Å². The topological polar surface area (TPSA) is 38.3 Å². The van der Waals surface area contributed by atoms with Crippen molar-refractivity contribution in [2.75, 3.05) is 6.54 Å². The van der Waals surface area contributed by atoms with Crippen LogP contribution in [0.4, 0.5) is 0 Å². The number of ether oxygens (including phenoxy) is 1. The summed E-state index contributed by atoms with van der Waals surface area (Å²) in [6, 6.07) is 23.9. The lowest BCUT2D eigenvalue weighted by Crippen LogP contribution is -2.26. The number of hydrogen-bond acceptors (Lipinski definition) is 2. The molecule has 0 saturated heterocycles. The van der Waals surface area contributed by atoms with Crippen LogP contribution < -0.4 is 10.1 Å². The van der Waals surface area contributed by atoms with Crippen LogP contribution in [0.5, 0.6) is 5.75 Å². The molecule has 0 aliphatic heterocycles. The Bertz CT molecular complexity index is 903. The first kappa shape index (κ1) is 18.7. The van der Waals surface area contributed by atoms with Gasteiger partial charge in [0.15, 0.2) is 0 Å². The van der Waals surface area contributed by atoms with Gasteiger partial charge in [-0.15, -0.1) is 0 Å². The molecule has 0 radical (unpaired) electrons. The zero-order chi connectivity index (χ0) is 19.1. The largest absolute Gasteiger partial charge is 0.489 e. The fraction of sp³-hybridized carbons (Fsp3) is 0.208. The van der Waals surface area contributed by atoms with Crippen molar-refractivity contribution in [1.82, 2.24) is 5.32 Å². The Morgan fingerprint density at radius 2 is 1.63 bits per heavy atom. The summed E-state index contributed by atoms with van der Waals surface area (Å²) in [6.45, 7) is 5.11. The van der Waals surface area contributed by atoms with Gasteiger partial charge in [0.1, 0.15) is 12.4 Å². The van der Waals surface area contributed by atoms with E-state index in [1.165, 1.54) is 0 Å². The summed E-state index contributed by atoms with van der Waals surface area (Å²) in [7, 11) is 0. The first-order valence-electron chi connectivity index (χ1n) is 9.24. The van der Waals surface area contributed by atoms with Crippen LogP contribution in [-0.2, 0) is 13.0 Å². The highest BCUT2D eigenvalue weighted by Gasteiger charge is 2.10. The Morgan fingerprint density at radius 3 is 2.44 bits per heavy atom. The molecule has 0 aliphatic rings. The van der Waals surface area contributed by atoms with Crippen LogP contribution in [0, 0.1) is 13.8 Å². The number of para-hydroxylation sites is 1. The van der Waals surface area contributed by atoms with Crippen LogP contribution in [0.3, 0.4) is 0 Å². The summed E-state index contributed by atoms with van der Waals surface area (Å²) in [6.07, 6.45) is 0.724. The average molecular weight is 359 g/mol. The highest BCUT2D eigenvalue weighted by molar-refractivity contribution is 5.95. The van der Waals surface area contributed by atoms with E-state index in [9.17, 15) is 4.79 Å². The number of aryl methyl sites for hydroxylation is 1. The molecule has 0 heterocycles. The van der Waals surface area contributed by atoms with Gasteiger partial charge in [-0.25, -0.2) is 0 Å². The van der Waals surface area contributed by atoms with E-state index >= 15 is 0 Å². The van der Waals surface area contributed by atoms with E-state index in [1.54, 1.807) is 0 Å². The maximum Gasteiger partial charge on any atom is 0.251 e. The number of benzene rings is 3. The summed E-state index contributed by atoms with van der Waals surface area (Å²) in [5.74, 6) is 0.834. The van der Waals surface area contributed by atoms with Crippen molar-refractivity contribution in [1.29, 1.82) is 0 Å². The number of carbonyl (C=O) groups is 1. The first-order valence-corrected chi connectivity index (χ1v) is 9.24. The summed E-state index contributed by atoms with van der Waals surface area (Å²) in [5.41, 5.74) is 5.12. The number of carbonyl (C=O) groups excluding carboxylic acids is 1. The standard InChI is InChI=1S/C24H25NO2/c1-18-9-8-13-22(19(18)2)24(26)25-16-15-21-12-6-7-14-23(21)27-17-20-10-4-3-5-11-20/h3-14H,15-17H2,1-2H3,(H,25,26). The summed E-state index contributed by atoms with van der Waals surface area (Å²) < 4.78 is 5.99. The maximum atomic E-state index is 12.5. The van der Waals surface area contributed by atoms with Gasteiger partial charge >= 0.3 is 0 Å². The molecule has 0 saturated carbocycles. The van der Waals surface area contributed by atoms with Crippen LogP contribution >= 0.6 is 0 Å². The van der Waals surface area contributed by atoms with Gasteiger partial charge in [0, 0.05) is 12.1 Å². The second kappa shape index (κ2) is 9.04. The van der Waals surface area contributed by atoms with Crippen molar-refractivity contribution in [3.63, 3.8) is 0 Å². The van der Waals surface area contributed by atoms with E-state index < -0.39 is 0 Å². The van der Waals surface area contributed by atoms with Crippen molar-refractivity contribution in [3.05, 3.63) is 101 Å². The minimum atomic E-state index is -0.0288. The molecule has 0 aliphatic carbocycles. The van der Waals surface area contributed by atoms with Gasteiger partial charge in [-0.2, -0.15) is 0 Å². The maximum absolute atomic E-state index is 12.5. The first-order chi connectivity index (χ1) is 13.1. The van der Waals surface area contributed by atoms with Crippen molar-refractivity contribution in [2.45, 2.75) is 26.9 Å². The fourth-order valence-electron chi connectivity index (χ4n) is 2.99. The van der Waals surface area contributed by atoms with Gasteiger partial charge in [-0.1, -0.05) is 60.7 Å². The number of hydrogen-bond donors (Lipinski definition) is 1. The normalized spacial score (nSPS) is 10.4. The van der Waals surface area contributed by atoms with Crippen molar-refractivity contribution < 1.29 is 9.53 Å². The lowest BCUT2D eigenvalue weighted by Gasteiger charge is -2.13. The van der Waals surface area contributed by atoms with Crippen molar-refractivity contribution in [3.8, 4) is 5.75 Å². The molecule has 1 N–H and O–H groups in total. The average Bonchev–Trinajstić information content (AvgIpc) is 2.70. The van der Waals surface area contributed by atoms with Crippen LogP contribution in [-0.4, -0.2) is 12.5 Å². The van der Waals surface area contributed by atoms with Crippen molar-refractivity contribution in [2.24, 2.45) is 0 Å². The van der Waals surface area contributed by atoms with E-state index in [1.807, 2.05) is 86.6 Å². The molecule has 0 atom stereocenters. The quantitative estimate of drug-likeness (QED) is 0.654. The number of amides is 1. The zero-order valence-corrected chi connectivity index (χ0v) is 15.9. The molecule has 138 valence electrons. The van der Waals surface area contributed by atoms with Gasteiger partial charge in [0.05, 0.1) is 0 Å². The Balaban J connectivity index is 1.58. The molecule has 0 aromatic heterocycles. The molecular weight excluding hydrogens is 334 g/mol. The summed E-state index contributed by atoms with van der Waals surface area (Å²) >= 11 is 0. The third-order valence-electron chi connectivity index (χ3n) is 4.74. The molecule has 1 amide bonds. The van der Waals surface area contributed by atoms with E-state index in [4.69, 9.17) is 4.74 Å². The Hall–Kier alpha value is -3.07. The van der Waals surface area contributed by atoms with Gasteiger partial charge in [-0.3, -0.25) is 4.79 Å². The second-order valence-corrected chi connectivity index (χ2v) is 6.64. The monoisotopic (exact) mass is 359 g/mol. The third-order valence-corrected chi connectivity index (χ3v) is 4.74. The van der Waals surface area contributed by atoms with Gasteiger partial charge in [-0.05, 0) is 54.7 Å². The number of rotatable bonds is 7. The second-order valence-electron chi connectivity index (χ2n) is 6.64. The highest BCUT2D eigenvalue weighted by atomic mass is 16.5. The summed E-state index contributed by atoms with van der Waals surface area (Å²) in [4.78, 5) is 12.5. The van der Waals surface area contributed by atoms with Gasteiger partial charge < -0.3 is 10.1 Å². The molecule has 3 aromatic rings. The molecule has 27 heavy (non-hydrogen) atoms. The van der Waals surface area contributed by atoms with E-state index in [0.717, 1.165) is 40.0 Å². The van der Waals surface area contributed by atoms with Gasteiger partial charge in [0.2, 0.25) is 0 Å². The highest BCUT2D eigenvalue weighted by Crippen LogP contribution is 2.20. The van der Waals surface area contributed by atoms with Crippen LogP contribution in [0.1, 0.15) is 32.6 Å². The SMILES string of the molecule is Cc1cccc(C(=O)NCCc2ccccc2OCc2ccccc2)c1C. The lowest BCUT2D eigenvalue weighted by atomic mass is 10.0. The van der Waals surface area contributed by atoms with E-state index in [2.05, 4.69) is 5.32 Å². The molecular formula is C24H25NO2. The Labute approximate surface area is 161 Å². The predicted molar refractivity (Wildman–Crippen MR) is 109 cm³/mol. The van der Waals surface area contributed by atoms with Crippen LogP contribution in [0.25, 0.3) is 0 Å². The van der Waals surface area contributed by atoms with E-state index in [-0.39, 0.29) is 5.91 Å². The third kappa shape index (κ3) is 4.98. The minimum Gasteiger partial charge on any atom is -0.489 e. The molecule has 3 rings (SSSR count). The fourth-order valence-corrected chi connectivity index (χ4v) is 2.99. The molecule has 3 aromatic carbocycles. The van der Waals surface area contributed by atoms with Gasteiger partial charge in [0.25, 0.3) is 5.91 Å².